The lowest BCUT2D eigenvalue weighted by Crippen LogP contribution is -2.10. The number of hydrogen-bond donors (Lipinski definition) is 0. The summed E-state index contributed by atoms with van der Waals surface area (Å²) in [7, 11) is 0. The van der Waals surface area contributed by atoms with E-state index in [4.69, 9.17) is 4.42 Å². The molecule has 0 aliphatic rings. The van der Waals surface area contributed by atoms with E-state index < -0.39 is 0 Å². The second kappa shape index (κ2) is 12.5. The molecule has 0 bridgehead atoms. The Balaban J connectivity index is 1.22. The Kier molecular flexibility index (Phi) is 7.18. The average molecular weight is 664 g/mol. The van der Waals surface area contributed by atoms with Gasteiger partial charge in [-0.15, -0.1) is 0 Å². The van der Waals surface area contributed by atoms with Crippen LogP contribution in [0, 0.1) is 0 Å². The van der Waals surface area contributed by atoms with Crippen LogP contribution < -0.4 is 4.90 Å². The molecule has 1 heterocycles. The Labute approximate surface area is 302 Å². The molecule has 2 nitrogen and oxygen atoms in total. The van der Waals surface area contributed by atoms with Gasteiger partial charge in [0.25, 0.3) is 0 Å². The van der Waals surface area contributed by atoms with Gasteiger partial charge in [-0.2, -0.15) is 0 Å². The van der Waals surface area contributed by atoms with Crippen LogP contribution in [0.4, 0.5) is 17.1 Å². The largest absolute Gasteiger partial charge is 0.455 e. The van der Waals surface area contributed by atoms with Crippen molar-refractivity contribution in [3.05, 3.63) is 200 Å². The van der Waals surface area contributed by atoms with Gasteiger partial charge >= 0.3 is 0 Å². The fourth-order valence-electron chi connectivity index (χ4n) is 7.76. The molecule has 2 heteroatoms. The quantitative estimate of drug-likeness (QED) is 0.176. The predicted octanol–water partition coefficient (Wildman–Crippen LogP) is 14.4. The maximum absolute atomic E-state index is 6.98. The third-order valence-corrected chi connectivity index (χ3v) is 10.3. The molecule has 0 saturated carbocycles. The van der Waals surface area contributed by atoms with Gasteiger partial charge in [0.05, 0.1) is 11.1 Å². The molecular weight excluding hydrogens is 631 g/mol. The van der Waals surface area contributed by atoms with Crippen LogP contribution in [-0.4, -0.2) is 0 Å². The van der Waals surface area contributed by atoms with Gasteiger partial charge < -0.3 is 9.32 Å². The molecule has 0 radical (unpaired) electrons. The predicted molar refractivity (Wildman–Crippen MR) is 220 cm³/mol. The Hall–Kier alpha value is -6.90. The van der Waals surface area contributed by atoms with Gasteiger partial charge in [-0.05, 0) is 74.3 Å². The van der Waals surface area contributed by atoms with Crippen LogP contribution in [-0.2, 0) is 0 Å². The van der Waals surface area contributed by atoms with E-state index in [9.17, 15) is 0 Å². The summed E-state index contributed by atoms with van der Waals surface area (Å²) < 4.78 is 6.98. The molecule has 10 rings (SSSR count). The van der Waals surface area contributed by atoms with Crippen LogP contribution in [0.25, 0.3) is 76.9 Å². The van der Waals surface area contributed by atoms with Crippen molar-refractivity contribution in [2.45, 2.75) is 0 Å². The molecule has 10 aromatic rings. The van der Waals surface area contributed by atoms with Crippen LogP contribution in [0.5, 0.6) is 0 Å². The molecular formula is C50H33NO. The number of benzene rings is 9. The summed E-state index contributed by atoms with van der Waals surface area (Å²) in [4.78, 5) is 2.39. The molecule has 0 aliphatic carbocycles. The van der Waals surface area contributed by atoms with E-state index in [1.165, 1.54) is 33.0 Å². The van der Waals surface area contributed by atoms with E-state index >= 15 is 0 Å². The van der Waals surface area contributed by atoms with E-state index in [1.54, 1.807) is 0 Å². The minimum Gasteiger partial charge on any atom is -0.455 e. The first-order chi connectivity index (χ1) is 25.8. The summed E-state index contributed by atoms with van der Waals surface area (Å²) in [6.45, 7) is 0. The fraction of sp³-hybridized carbons (Fsp3) is 0. The molecule has 0 fully saturated rings. The van der Waals surface area contributed by atoms with Gasteiger partial charge in [0, 0.05) is 27.7 Å². The number of anilines is 3. The number of fused-ring (bicyclic) bond motifs is 6. The summed E-state index contributed by atoms with van der Waals surface area (Å²) >= 11 is 0. The lowest BCUT2D eigenvalue weighted by atomic mass is 9.97. The molecule has 0 amide bonds. The molecule has 0 N–H and O–H groups in total. The first-order valence-electron chi connectivity index (χ1n) is 17.8. The first-order valence-corrected chi connectivity index (χ1v) is 17.8. The van der Waals surface area contributed by atoms with E-state index in [0.29, 0.717) is 0 Å². The maximum Gasteiger partial charge on any atom is 0.145 e. The highest BCUT2D eigenvalue weighted by Crippen LogP contribution is 2.48. The zero-order valence-corrected chi connectivity index (χ0v) is 28.4. The highest BCUT2D eigenvalue weighted by atomic mass is 16.3. The number of furan rings is 1. The topological polar surface area (TPSA) is 16.4 Å². The summed E-state index contributed by atoms with van der Waals surface area (Å²) in [5.74, 6) is 0. The van der Waals surface area contributed by atoms with Gasteiger partial charge in [0.15, 0.2) is 0 Å². The van der Waals surface area contributed by atoms with Crippen molar-refractivity contribution in [2.24, 2.45) is 0 Å². The van der Waals surface area contributed by atoms with E-state index in [0.717, 1.165) is 60.9 Å². The zero-order chi connectivity index (χ0) is 34.4. The Morgan fingerprint density at radius 2 is 0.827 bits per heavy atom. The van der Waals surface area contributed by atoms with E-state index in [1.807, 2.05) is 0 Å². The Morgan fingerprint density at radius 3 is 1.56 bits per heavy atom. The molecule has 0 spiro atoms. The van der Waals surface area contributed by atoms with Gasteiger partial charge in [-0.1, -0.05) is 170 Å². The normalized spacial score (nSPS) is 11.5. The molecule has 9 aromatic carbocycles. The fourth-order valence-corrected chi connectivity index (χ4v) is 7.76. The minimum atomic E-state index is 0.893. The number of nitrogens with zero attached hydrogens (tertiary/aromatic N) is 1. The number of para-hydroxylation sites is 1. The van der Waals surface area contributed by atoms with Crippen molar-refractivity contribution in [1.29, 1.82) is 0 Å². The number of hydrogen-bond acceptors (Lipinski definition) is 2. The summed E-state index contributed by atoms with van der Waals surface area (Å²) in [5, 5.41) is 6.91. The van der Waals surface area contributed by atoms with Gasteiger partial charge in [0.1, 0.15) is 11.2 Å². The van der Waals surface area contributed by atoms with Gasteiger partial charge in [-0.25, -0.2) is 0 Å². The van der Waals surface area contributed by atoms with Crippen LogP contribution in [0.2, 0.25) is 0 Å². The second-order valence-corrected chi connectivity index (χ2v) is 13.3. The van der Waals surface area contributed by atoms with Crippen molar-refractivity contribution < 1.29 is 4.42 Å². The van der Waals surface area contributed by atoms with Crippen LogP contribution in [0.1, 0.15) is 0 Å². The van der Waals surface area contributed by atoms with E-state index in [-0.39, 0.29) is 0 Å². The van der Waals surface area contributed by atoms with Crippen molar-refractivity contribution in [3.63, 3.8) is 0 Å². The standard InChI is InChI=1S/C50H33NO/c1-3-13-34(14-4-1)35-25-29-40(30-26-35)51(41-31-27-38(28-32-41)43-22-11-19-36-17-7-9-20-42(36)43)47-33-39-18-8-10-21-45(39)50-48(47)46-24-12-23-44(49(46)52-50)37-15-5-2-6-16-37/h1-33H. The van der Waals surface area contributed by atoms with Crippen molar-refractivity contribution >= 4 is 60.5 Å². The minimum absolute atomic E-state index is 0.893. The first kappa shape index (κ1) is 30.0. The second-order valence-electron chi connectivity index (χ2n) is 13.3. The van der Waals surface area contributed by atoms with Crippen LogP contribution in [0.3, 0.4) is 0 Å². The smallest absolute Gasteiger partial charge is 0.145 e. The third kappa shape index (κ3) is 5.04. The lowest BCUT2D eigenvalue weighted by Gasteiger charge is -2.27. The van der Waals surface area contributed by atoms with Crippen molar-refractivity contribution in [3.8, 4) is 33.4 Å². The van der Waals surface area contributed by atoms with Crippen LogP contribution >= 0.6 is 0 Å². The maximum atomic E-state index is 6.98. The SMILES string of the molecule is c1ccc(-c2ccc(N(c3ccc(-c4cccc5ccccc45)cc3)c3cc4ccccc4c4oc5c(-c6ccccc6)cccc5c34)cc2)cc1. The number of rotatable bonds is 6. The van der Waals surface area contributed by atoms with Gasteiger partial charge in [0.2, 0.25) is 0 Å². The Bertz CT molecular complexity index is 2870. The van der Waals surface area contributed by atoms with Gasteiger partial charge in [-0.3, -0.25) is 0 Å². The van der Waals surface area contributed by atoms with E-state index in [2.05, 4.69) is 205 Å². The molecule has 0 atom stereocenters. The highest BCUT2D eigenvalue weighted by Gasteiger charge is 2.23. The molecule has 0 saturated heterocycles. The monoisotopic (exact) mass is 663 g/mol. The summed E-state index contributed by atoms with van der Waals surface area (Å²) in [5.41, 5.74) is 12.0. The Morgan fingerprint density at radius 1 is 0.327 bits per heavy atom. The lowest BCUT2D eigenvalue weighted by molar-refractivity contribution is 0.674. The molecule has 52 heavy (non-hydrogen) atoms. The average Bonchev–Trinajstić information content (AvgIpc) is 3.63. The summed E-state index contributed by atoms with van der Waals surface area (Å²) in [6, 6.07) is 71.5. The molecule has 244 valence electrons. The highest BCUT2D eigenvalue weighted by molar-refractivity contribution is 6.23. The van der Waals surface area contributed by atoms with Crippen molar-refractivity contribution in [2.75, 3.05) is 4.90 Å². The third-order valence-electron chi connectivity index (χ3n) is 10.3. The van der Waals surface area contributed by atoms with Crippen LogP contribution in [0.15, 0.2) is 205 Å². The van der Waals surface area contributed by atoms with Crippen molar-refractivity contribution in [1.82, 2.24) is 0 Å². The molecule has 0 unspecified atom stereocenters. The molecule has 1 aromatic heterocycles. The molecule has 0 aliphatic heterocycles. The zero-order valence-electron chi connectivity index (χ0n) is 28.4. The summed E-state index contributed by atoms with van der Waals surface area (Å²) in [6.07, 6.45) is 0.